The van der Waals surface area contributed by atoms with Gasteiger partial charge in [0.15, 0.2) is 0 Å². The van der Waals surface area contributed by atoms with E-state index >= 15 is 0 Å². The summed E-state index contributed by atoms with van der Waals surface area (Å²) in [4.78, 5) is 24.1. The van der Waals surface area contributed by atoms with Crippen molar-refractivity contribution in [3.63, 3.8) is 0 Å². The summed E-state index contributed by atoms with van der Waals surface area (Å²) in [5, 5.41) is 9.99. The van der Waals surface area contributed by atoms with Gasteiger partial charge in [0.2, 0.25) is 5.67 Å². The van der Waals surface area contributed by atoms with Crippen molar-refractivity contribution in [3.05, 3.63) is 33.8 Å². The molecule has 2 aliphatic rings. The van der Waals surface area contributed by atoms with Crippen molar-refractivity contribution in [1.29, 1.82) is 0 Å². The molecule has 1 aromatic rings. The van der Waals surface area contributed by atoms with Crippen LogP contribution in [0.1, 0.15) is 31.7 Å². The van der Waals surface area contributed by atoms with Crippen molar-refractivity contribution < 1.29 is 28.6 Å². The van der Waals surface area contributed by atoms with E-state index in [1.165, 1.54) is 0 Å². The quantitative estimate of drug-likeness (QED) is 0.481. The van der Waals surface area contributed by atoms with Crippen LogP contribution in [-0.2, 0) is 25.7 Å². The first-order chi connectivity index (χ1) is 13.2. The van der Waals surface area contributed by atoms with Gasteiger partial charge in [-0.2, -0.15) is 0 Å². The fourth-order valence-electron chi connectivity index (χ4n) is 4.06. The molecule has 0 aliphatic heterocycles. The molecule has 0 unspecified atom stereocenters. The number of aliphatic carboxylic acids is 1. The Bertz CT molecular complexity index is 794. The minimum atomic E-state index is -2.53. The van der Waals surface area contributed by atoms with Gasteiger partial charge in [0.05, 0.1) is 29.4 Å². The second-order valence-electron chi connectivity index (χ2n) is 7.36. The lowest BCUT2D eigenvalue weighted by Gasteiger charge is -2.33. The first-order valence-electron chi connectivity index (χ1n) is 9.11. The van der Waals surface area contributed by atoms with Gasteiger partial charge in [0, 0.05) is 11.8 Å². The predicted molar refractivity (Wildman–Crippen MR) is 101 cm³/mol. The van der Waals surface area contributed by atoms with E-state index in [2.05, 4.69) is 0 Å². The van der Waals surface area contributed by atoms with Crippen LogP contribution in [-0.4, -0.2) is 41.0 Å². The minimum Gasteiger partial charge on any atom is -0.479 e. The van der Waals surface area contributed by atoms with Gasteiger partial charge in [-0.1, -0.05) is 42.6 Å². The monoisotopic (exact) mass is 433 g/mol. The molecular formula is C19H22Cl2FNO5. The van der Waals surface area contributed by atoms with Crippen LogP contribution in [0.25, 0.3) is 0 Å². The van der Waals surface area contributed by atoms with Crippen LogP contribution in [0.2, 0.25) is 10.0 Å². The first kappa shape index (κ1) is 21.3. The second-order valence-corrected chi connectivity index (χ2v) is 8.18. The number of unbranched alkanes of at least 4 members (excludes halogenated alkanes) is 1. The average Bonchev–Trinajstić information content (AvgIpc) is 3.13. The Labute approximate surface area is 172 Å². The number of halogens is 3. The predicted octanol–water partition coefficient (Wildman–Crippen LogP) is 3.36. The Balaban J connectivity index is 1.77. The molecule has 0 bridgehead atoms. The zero-order valence-electron chi connectivity index (χ0n) is 15.3. The molecule has 0 saturated heterocycles. The maximum Gasteiger partial charge on any atom is 0.342 e. The number of alkyl halides is 1. The van der Waals surface area contributed by atoms with E-state index in [9.17, 15) is 19.1 Å². The summed E-state index contributed by atoms with van der Waals surface area (Å²) in [6.45, 7) is 2.13. The number of carboxylic acids is 1. The molecule has 154 valence electrons. The van der Waals surface area contributed by atoms with Crippen molar-refractivity contribution in [2.24, 2.45) is 17.6 Å². The van der Waals surface area contributed by atoms with E-state index in [1.807, 2.05) is 6.92 Å². The maximum absolute atomic E-state index is 14.8. The van der Waals surface area contributed by atoms with E-state index in [4.69, 9.17) is 38.4 Å². The van der Waals surface area contributed by atoms with Gasteiger partial charge < -0.3 is 20.3 Å². The normalized spacial score (nSPS) is 33.4. The molecule has 2 fully saturated rings. The fraction of sp³-hybridized carbons (Fsp3) is 0.579. The molecule has 3 rings (SSSR count). The number of hydrogen-bond acceptors (Lipinski definition) is 5. The Hall–Kier alpha value is -1.41. The SMILES string of the molecule is CCCCOC(=O)[C@@]1(N)[C@H]2[C@@H](C[C@H]1OCc1ccc(Cl)c(Cl)c1)[C@]2(F)C(=O)O. The third-order valence-electron chi connectivity index (χ3n) is 5.65. The van der Waals surface area contributed by atoms with Gasteiger partial charge in [0.25, 0.3) is 0 Å². The van der Waals surface area contributed by atoms with Gasteiger partial charge in [-0.15, -0.1) is 0 Å². The number of esters is 1. The first-order valence-corrected chi connectivity index (χ1v) is 9.86. The Morgan fingerprint density at radius 2 is 2.07 bits per heavy atom. The summed E-state index contributed by atoms with van der Waals surface area (Å²) >= 11 is 11.9. The fourth-order valence-corrected chi connectivity index (χ4v) is 4.38. The minimum absolute atomic E-state index is 0.0220. The van der Waals surface area contributed by atoms with Crippen LogP contribution < -0.4 is 5.73 Å². The lowest BCUT2D eigenvalue weighted by atomic mass is 9.87. The number of hydrogen-bond donors (Lipinski definition) is 2. The van der Waals surface area contributed by atoms with Gasteiger partial charge >= 0.3 is 11.9 Å². The van der Waals surface area contributed by atoms with E-state index in [0.29, 0.717) is 22.0 Å². The summed E-state index contributed by atoms with van der Waals surface area (Å²) in [6, 6.07) is 4.94. The number of carbonyl (C=O) groups is 2. The maximum atomic E-state index is 14.8. The van der Waals surface area contributed by atoms with Crippen molar-refractivity contribution in [3.8, 4) is 0 Å². The molecule has 5 atom stereocenters. The van der Waals surface area contributed by atoms with Crippen LogP contribution in [0.5, 0.6) is 0 Å². The van der Waals surface area contributed by atoms with Crippen LogP contribution in [0.3, 0.4) is 0 Å². The smallest absolute Gasteiger partial charge is 0.342 e. The third-order valence-corrected chi connectivity index (χ3v) is 6.39. The van der Waals surface area contributed by atoms with Crippen LogP contribution in [0, 0.1) is 11.8 Å². The van der Waals surface area contributed by atoms with Crippen molar-refractivity contribution in [2.75, 3.05) is 6.61 Å². The zero-order chi connectivity index (χ0) is 20.7. The van der Waals surface area contributed by atoms with E-state index < -0.39 is 41.1 Å². The zero-order valence-corrected chi connectivity index (χ0v) is 16.8. The molecule has 0 aromatic heterocycles. The van der Waals surface area contributed by atoms with E-state index in [-0.39, 0.29) is 19.6 Å². The topological polar surface area (TPSA) is 98.9 Å². The number of rotatable bonds is 8. The number of benzene rings is 1. The molecule has 3 N–H and O–H groups in total. The summed E-state index contributed by atoms with van der Waals surface area (Å²) in [5.74, 6) is -4.49. The summed E-state index contributed by atoms with van der Waals surface area (Å²) in [5.41, 5.74) is 2.61. The highest BCUT2D eigenvalue weighted by atomic mass is 35.5. The molecule has 9 heteroatoms. The molecule has 0 amide bonds. The largest absolute Gasteiger partial charge is 0.479 e. The molecule has 0 heterocycles. The van der Waals surface area contributed by atoms with Gasteiger partial charge in [-0.25, -0.2) is 14.0 Å². The molecule has 0 spiro atoms. The molecule has 2 aliphatic carbocycles. The number of nitrogens with two attached hydrogens (primary N) is 1. The van der Waals surface area contributed by atoms with Crippen molar-refractivity contribution in [2.45, 2.75) is 50.1 Å². The Morgan fingerprint density at radius 1 is 1.36 bits per heavy atom. The number of fused-ring (bicyclic) bond motifs is 1. The number of carbonyl (C=O) groups excluding carboxylic acids is 1. The Morgan fingerprint density at radius 3 is 2.68 bits per heavy atom. The summed E-state index contributed by atoms with van der Waals surface area (Å²) in [6.07, 6.45) is 0.587. The molecule has 1 aromatic carbocycles. The highest BCUT2D eigenvalue weighted by Gasteiger charge is 2.85. The third kappa shape index (κ3) is 3.38. The van der Waals surface area contributed by atoms with E-state index in [0.717, 1.165) is 6.42 Å². The molecule has 28 heavy (non-hydrogen) atoms. The number of ether oxygens (including phenoxy) is 2. The standard InChI is InChI=1S/C19H22Cl2FNO5/c1-2-3-6-27-17(26)19(23)14(8-11-15(19)18(11,22)16(24)25)28-9-10-4-5-12(20)13(21)7-10/h4-5,7,11,14-15H,2-3,6,8-9,23H2,1H3,(H,24,25)/t11-,14-,15+,18-,19+/m1/s1. The molecule has 0 radical (unpaired) electrons. The molecular weight excluding hydrogens is 412 g/mol. The Kier molecular flexibility index (Phi) is 5.92. The summed E-state index contributed by atoms with van der Waals surface area (Å²) < 4.78 is 25.9. The summed E-state index contributed by atoms with van der Waals surface area (Å²) in [7, 11) is 0. The highest BCUT2D eigenvalue weighted by molar-refractivity contribution is 6.42. The van der Waals surface area contributed by atoms with Gasteiger partial charge in [-0.05, 0) is 30.5 Å². The van der Waals surface area contributed by atoms with E-state index in [1.54, 1.807) is 18.2 Å². The number of carboxylic acid groups (broad SMARTS) is 1. The lowest BCUT2D eigenvalue weighted by molar-refractivity contribution is -0.161. The van der Waals surface area contributed by atoms with Crippen molar-refractivity contribution in [1.82, 2.24) is 0 Å². The van der Waals surface area contributed by atoms with Crippen LogP contribution in [0.15, 0.2) is 18.2 Å². The second kappa shape index (κ2) is 7.78. The average molecular weight is 434 g/mol. The lowest BCUT2D eigenvalue weighted by Crippen LogP contribution is -2.61. The van der Waals surface area contributed by atoms with Gasteiger partial charge in [0.1, 0.15) is 5.54 Å². The van der Waals surface area contributed by atoms with Crippen LogP contribution in [0.4, 0.5) is 4.39 Å². The molecule has 2 saturated carbocycles. The molecule has 6 nitrogen and oxygen atoms in total. The highest BCUT2D eigenvalue weighted by Crippen LogP contribution is 2.67. The van der Waals surface area contributed by atoms with Crippen molar-refractivity contribution >= 4 is 35.1 Å². The van der Waals surface area contributed by atoms with Crippen LogP contribution >= 0.6 is 23.2 Å². The van der Waals surface area contributed by atoms with Gasteiger partial charge in [-0.3, -0.25) is 0 Å².